The van der Waals surface area contributed by atoms with Crippen molar-refractivity contribution < 1.29 is 22.7 Å². The molecule has 0 unspecified atom stereocenters. The van der Waals surface area contributed by atoms with Crippen LogP contribution in [0.15, 0.2) is 41.2 Å². The number of hydrogen-bond donors (Lipinski definition) is 1. The van der Waals surface area contributed by atoms with Gasteiger partial charge in [0.15, 0.2) is 5.82 Å². The van der Waals surface area contributed by atoms with Crippen LogP contribution in [-0.4, -0.2) is 44.4 Å². The summed E-state index contributed by atoms with van der Waals surface area (Å²) in [5.41, 5.74) is 0.948. The van der Waals surface area contributed by atoms with Crippen molar-refractivity contribution in [3.05, 3.63) is 69.1 Å². The largest absolute Gasteiger partial charge is 0.444 e. The molecular weight excluding hydrogens is 511 g/mol. The number of pyridine rings is 1. The predicted octanol–water partition coefficient (Wildman–Crippen LogP) is 5.85. The standard InChI is InChI=1S/C28H32F3N5O3/c1-16(18-9-7-11-20(13-18)28(29,30)31)32-24-22-14-21(25(37)35(6)23(22)17(2)33-34-24)19-10-8-12-36(15-19)26(38)39-27(3,4)5/h7,9-11,13-14,16H,8,12,15H2,1-6H3,(H,32,34)/t16-/m1/s1. The third kappa shape index (κ3) is 6.07. The first-order chi connectivity index (χ1) is 18.2. The van der Waals surface area contributed by atoms with Crippen LogP contribution in [0.2, 0.25) is 0 Å². The molecule has 1 atom stereocenters. The number of ether oxygens (including phenoxy) is 1. The van der Waals surface area contributed by atoms with Gasteiger partial charge in [-0.2, -0.15) is 18.3 Å². The van der Waals surface area contributed by atoms with Crippen LogP contribution in [0.5, 0.6) is 0 Å². The summed E-state index contributed by atoms with van der Waals surface area (Å²) in [5.74, 6) is 0.331. The van der Waals surface area contributed by atoms with E-state index in [0.29, 0.717) is 52.1 Å². The average molecular weight is 544 g/mol. The Morgan fingerprint density at radius 2 is 1.87 bits per heavy atom. The molecule has 8 nitrogen and oxygen atoms in total. The van der Waals surface area contributed by atoms with Crippen LogP contribution in [0.4, 0.5) is 23.8 Å². The molecule has 1 amide bonds. The van der Waals surface area contributed by atoms with Crippen molar-refractivity contribution in [1.82, 2.24) is 19.7 Å². The first kappa shape index (κ1) is 28.1. The van der Waals surface area contributed by atoms with E-state index in [1.165, 1.54) is 10.6 Å². The van der Waals surface area contributed by atoms with E-state index >= 15 is 0 Å². The van der Waals surface area contributed by atoms with Crippen molar-refractivity contribution in [1.29, 1.82) is 0 Å². The molecule has 1 aliphatic heterocycles. The second kappa shape index (κ2) is 10.3. The first-order valence-corrected chi connectivity index (χ1v) is 12.6. The number of benzene rings is 1. The molecule has 1 N–H and O–H groups in total. The third-order valence-electron chi connectivity index (χ3n) is 6.53. The number of nitrogens with one attached hydrogen (secondary N) is 1. The molecule has 3 heterocycles. The highest BCUT2D eigenvalue weighted by atomic mass is 19.4. The lowest BCUT2D eigenvalue weighted by atomic mass is 10.0. The molecule has 1 aromatic carbocycles. The highest BCUT2D eigenvalue weighted by Crippen LogP contribution is 2.33. The number of rotatable bonds is 4. The maximum atomic E-state index is 13.4. The van der Waals surface area contributed by atoms with Gasteiger partial charge in [-0.1, -0.05) is 18.2 Å². The van der Waals surface area contributed by atoms with Gasteiger partial charge in [0.2, 0.25) is 0 Å². The zero-order chi connectivity index (χ0) is 28.7. The highest BCUT2D eigenvalue weighted by Gasteiger charge is 2.31. The van der Waals surface area contributed by atoms with E-state index in [4.69, 9.17) is 4.74 Å². The van der Waals surface area contributed by atoms with Crippen LogP contribution < -0.4 is 10.9 Å². The van der Waals surface area contributed by atoms with E-state index in [1.54, 1.807) is 58.7 Å². The molecule has 2 aromatic heterocycles. The van der Waals surface area contributed by atoms with Crippen LogP contribution in [0, 0.1) is 6.92 Å². The van der Waals surface area contributed by atoms with Crippen LogP contribution in [0.1, 0.15) is 62.5 Å². The Balaban J connectivity index is 1.73. The lowest BCUT2D eigenvalue weighted by Gasteiger charge is -2.30. The maximum absolute atomic E-state index is 13.4. The van der Waals surface area contributed by atoms with Crippen molar-refractivity contribution in [2.24, 2.45) is 7.05 Å². The van der Waals surface area contributed by atoms with E-state index in [2.05, 4.69) is 15.5 Å². The van der Waals surface area contributed by atoms with Gasteiger partial charge in [0, 0.05) is 31.1 Å². The Labute approximate surface area is 224 Å². The topological polar surface area (TPSA) is 89.4 Å². The van der Waals surface area contributed by atoms with Crippen LogP contribution in [0.3, 0.4) is 0 Å². The molecule has 0 radical (unpaired) electrons. The van der Waals surface area contributed by atoms with Crippen molar-refractivity contribution in [3.63, 3.8) is 0 Å². The van der Waals surface area contributed by atoms with Crippen molar-refractivity contribution in [2.45, 2.75) is 58.9 Å². The summed E-state index contributed by atoms with van der Waals surface area (Å²) < 4.78 is 46.8. The summed E-state index contributed by atoms with van der Waals surface area (Å²) in [6, 6.07) is 6.27. The molecular formula is C28H32F3N5O3. The van der Waals surface area contributed by atoms with Gasteiger partial charge in [-0.05, 0) is 70.4 Å². The van der Waals surface area contributed by atoms with Gasteiger partial charge in [0.25, 0.3) is 5.56 Å². The molecule has 0 fully saturated rings. The fraction of sp³-hybridized carbons (Fsp3) is 0.429. The summed E-state index contributed by atoms with van der Waals surface area (Å²) in [7, 11) is 1.64. The van der Waals surface area contributed by atoms with Crippen molar-refractivity contribution >= 4 is 28.4 Å². The molecule has 39 heavy (non-hydrogen) atoms. The van der Waals surface area contributed by atoms with E-state index in [9.17, 15) is 22.8 Å². The molecule has 0 aliphatic carbocycles. The normalized spacial score (nSPS) is 15.2. The molecule has 0 spiro atoms. The average Bonchev–Trinajstić information content (AvgIpc) is 2.86. The number of carbonyl (C=O) groups is 1. The smallest absolute Gasteiger partial charge is 0.416 e. The molecule has 0 saturated heterocycles. The number of aromatic nitrogens is 3. The maximum Gasteiger partial charge on any atom is 0.416 e. The quantitative estimate of drug-likeness (QED) is 0.444. The monoisotopic (exact) mass is 543 g/mol. The lowest BCUT2D eigenvalue weighted by Crippen LogP contribution is -2.40. The summed E-state index contributed by atoms with van der Waals surface area (Å²) in [6.45, 7) is 9.52. The minimum atomic E-state index is -4.46. The molecule has 208 valence electrons. The molecule has 3 aromatic rings. The highest BCUT2D eigenvalue weighted by molar-refractivity contribution is 5.93. The molecule has 11 heteroatoms. The van der Waals surface area contributed by atoms with E-state index < -0.39 is 29.5 Å². The zero-order valence-electron chi connectivity index (χ0n) is 22.8. The van der Waals surface area contributed by atoms with Crippen LogP contribution >= 0.6 is 0 Å². The first-order valence-electron chi connectivity index (χ1n) is 12.6. The Kier molecular flexibility index (Phi) is 7.46. The summed E-state index contributed by atoms with van der Waals surface area (Å²) in [4.78, 5) is 27.7. The number of fused-ring (bicyclic) bond motifs is 1. The SMILES string of the molecule is Cc1nnc(N[C@H](C)c2cccc(C(F)(F)F)c2)c2cc(C3=CCCN(C(=O)OC(C)(C)C)C3)c(=O)n(C)c12. The van der Waals surface area contributed by atoms with Gasteiger partial charge in [-0.3, -0.25) is 4.79 Å². The van der Waals surface area contributed by atoms with Crippen molar-refractivity contribution in [2.75, 3.05) is 18.4 Å². The van der Waals surface area contributed by atoms with Gasteiger partial charge in [0.05, 0.1) is 22.8 Å². The van der Waals surface area contributed by atoms with Gasteiger partial charge in [-0.15, -0.1) is 5.10 Å². The van der Waals surface area contributed by atoms with Gasteiger partial charge < -0.3 is 19.5 Å². The third-order valence-corrected chi connectivity index (χ3v) is 6.53. The Bertz CT molecular complexity index is 1510. The minimum absolute atomic E-state index is 0.205. The number of halogens is 3. The Hall–Kier alpha value is -3.89. The molecule has 1 aliphatic rings. The Morgan fingerprint density at radius 1 is 1.15 bits per heavy atom. The Morgan fingerprint density at radius 3 is 2.54 bits per heavy atom. The van der Waals surface area contributed by atoms with Crippen LogP contribution in [0.25, 0.3) is 16.5 Å². The molecule has 0 saturated carbocycles. The number of aryl methyl sites for hydroxylation is 2. The number of amides is 1. The zero-order valence-corrected chi connectivity index (χ0v) is 22.8. The number of alkyl halides is 3. The minimum Gasteiger partial charge on any atom is -0.444 e. The number of nitrogens with zero attached hydrogens (tertiary/aromatic N) is 4. The second-order valence-corrected chi connectivity index (χ2v) is 10.7. The number of hydrogen-bond acceptors (Lipinski definition) is 6. The fourth-order valence-electron chi connectivity index (χ4n) is 4.61. The van der Waals surface area contributed by atoms with Gasteiger partial charge in [-0.25, -0.2) is 4.79 Å². The van der Waals surface area contributed by atoms with E-state index in [-0.39, 0.29) is 12.1 Å². The second-order valence-electron chi connectivity index (χ2n) is 10.7. The number of anilines is 1. The molecule has 0 bridgehead atoms. The predicted molar refractivity (Wildman–Crippen MR) is 143 cm³/mol. The van der Waals surface area contributed by atoms with E-state index in [0.717, 1.165) is 12.1 Å². The molecule has 4 rings (SSSR count). The van der Waals surface area contributed by atoms with Crippen LogP contribution in [-0.2, 0) is 18.0 Å². The van der Waals surface area contributed by atoms with Gasteiger partial charge >= 0.3 is 12.3 Å². The lowest BCUT2D eigenvalue weighted by molar-refractivity contribution is -0.137. The van der Waals surface area contributed by atoms with Crippen molar-refractivity contribution in [3.8, 4) is 0 Å². The summed E-state index contributed by atoms with van der Waals surface area (Å²) in [5, 5.41) is 12.2. The van der Waals surface area contributed by atoms with E-state index in [1.807, 2.05) is 6.08 Å². The summed E-state index contributed by atoms with van der Waals surface area (Å²) in [6.07, 6.45) is -2.42. The number of carbonyl (C=O) groups excluding carboxylic acids is 1. The van der Waals surface area contributed by atoms with Gasteiger partial charge in [0.1, 0.15) is 5.60 Å². The fourth-order valence-corrected chi connectivity index (χ4v) is 4.61. The summed E-state index contributed by atoms with van der Waals surface area (Å²) >= 11 is 0.